The lowest BCUT2D eigenvalue weighted by atomic mass is 9.90. The number of benzene rings is 1. The lowest BCUT2D eigenvalue weighted by Gasteiger charge is -2.40. The van der Waals surface area contributed by atoms with Crippen molar-refractivity contribution in [2.24, 2.45) is 11.7 Å². The van der Waals surface area contributed by atoms with Crippen molar-refractivity contribution in [3.8, 4) is 0 Å². The Balaban J connectivity index is 1.77. The number of primary amides is 1. The zero-order valence-corrected chi connectivity index (χ0v) is 19.5. The minimum Gasteiger partial charge on any atom is -0.366 e. The van der Waals surface area contributed by atoms with E-state index in [-0.39, 0.29) is 33.9 Å². The van der Waals surface area contributed by atoms with Crippen molar-refractivity contribution in [1.82, 2.24) is 14.2 Å². The third-order valence-corrected chi connectivity index (χ3v) is 8.38. The molecule has 0 aliphatic carbocycles. The summed E-state index contributed by atoms with van der Waals surface area (Å²) in [6.07, 6.45) is 5.09. The molecule has 0 saturated carbocycles. The maximum Gasteiger partial charge on any atom is 0.248 e. The summed E-state index contributed by atoms with van der Waals surface area (Å²) in [6.45, 7) is 4.55. The van der Waals surface area contributed by atoms with E-state index in [0.717, 1.165) is 12.1 Å². The second-order valence-electron chi connectivity index (χ2n) is 8.33. The maximum atomic E-state index is 13.9. The van der Waals surface area contributed by atoms with Gasteiger partial charge in [0.05, 0.1) is 17.1 Å². The number of carbonyl (C=O) groups excluding carboxylic acids is 2. The molecule has 2 fully saturated rings. The number of rotatable bonds is 6. The molecule has 2 aromatic rings. The Kier molecular flexibility index (Phi) is 6.56. The van der Waals surface area contributed by atoms with Crippen LogP contribution in [0.3, 0.4) is 0 Å². The van der Waals surface area contributed by atoms with Gasteiger partial charge in [0.2, 0.25) is 21.8 Å². The van der Waals surface area contributed by atoms with Gasteiger partial charge < -0.3 is 10.6 Å². The van der Waals surface area contributed by atoms with Crippen LogP contribution in [0.25, 0.3) is 0 Å². The van der Waals surface area contributed by atoms with E-state index in [0.29, 0.717) is 19.4 Å². The van der Waals surface area contributed by atoms with E-state index < -0.39 is 28.0 Å². The van der Waals surface area contributed by atoms with Crippen LogP contribution in [0.4, 0.5) is 0 Å². The molecule has 1 aromatic heterocycles. The van der Waals surface area contributed by atoms with Crippen LogP contribution in [0.2, 0.25) is 5.02 Å². The molecule has 2 N–H and O–H groups in total. The molecule has 2 amide bonds. The van der Waals surface area contributed by atoms with Gasteiger partial charge in [-0.2, -0.15) is 4.31 Å². The van der Waals surface area contributed by atoms with Crippen molar-refractivity contribution in [2.75, 3.05) is 6.54 Å². The van der Waals surface area contributed by atoms with Gasteiger partial charge in [-0.1, -0.05) is 23.7 Å². The molecule has 2 aliphatic rings. The molecule has 1 aromatic carbocycles. The summed E-state index contributed by atoms with van der Waals surface area (Å²) >= 11 is 6.10. The van der Waals surface area contributed by atoms with E-state index >= 15 is 0 Å². The molecular weight excluding hydrogens is 464 g/mol. The van der Waals surface area contributed by atoms with Crippen molar-refractivity contribution in [3.63, 3.8) is 0 Å². The SMILES string of the molecule is C=CC1CN(Cc2ccccn2)C(=O)C2CCCC1N2S(=O)(=O)c1cc(Cl)cc(C(N)=O)c1. The Morgan fingerprint density at radius 3 is 2.73 bits per heavy atom. The third-order valence-electron chi connectivity index (χ3n) is 6.25. The molecule has 3 unspecified atom stereocenters. The van der Waals surface area contributed by atoms with Crippen LogP contribution < -0.4 is 5.73 Å². The highest BCUT2D eigenvalue weighted by molar-refractivity contribution is 7.89. The molecule has 33 heavy (non-hydrogen) atoms. The van der Waals surface area contributed by atoms with Crippen molar-refractivity contribution in [1.29, 1.82) is 0 Å². The zero-order valence-electron chi connectivity index (χ0n) is 17.9. The highest BCUT2D eigenvalue weighted by Gasteiger charge is 2.49. The Morgan fingerprint density at radius 2 is 2.06 bits per heavy atom. The molecule has 2 bridgehead atoms. The summed E-state index contributed by atoms with van der Waals surface area (Å²) < 4.78 is 29.0. The average Bonchev–Trinajstić information content (AvgIpc) is 2.86. The first-order chi connectivity index (χ1) is 15.7. The van der Waals surface area contributed by atoms with Gasteiger partial charge in [-0.25, -0.2) is 8.42 Å². The summed E-state index contributed by atoms with van der Waals surface area (Å²) in [6, 6.07) is 7.98. The molecule has 0 spiro atoms. The topological polar surface area (TPSA) is 114 Å². The Bertz CT molecular complexity index is 1190. The number of amides is 2. The minimum atomic E-state index is -4.17. The molecule has 3 atom stereocenters. The molecule has 174 valence electrons. The van der Waals surface area contributed by atoms with E-state index in [1.165, 1.54) is 22.5 Å². The quantitative estimate of drug-likeness (QED) is 0.628. The second-order valence-corrected chi connectivity index (χ2v) is 10.6. The first-order valence-electron chi connectivity index (χ1n) is 10.7. The molecule has 0 radical (unpaired) electrons. The fourth-order valence-electron chi connectivity index (χ4n) is 4.70. The van der Waals surface area contributed by atoms with Gasteiger partial charge in [0.1, 0.15) is 6.04 Å². The van der Waals surface area contributed by atoms with Crippen molar-refractivity contribution < 1.29 is 18.0 Å². The van der Waals surface area contributed by atoms with Crippen LogP contribution in [-0.4, -0.2) is 53.0 Å². The minimum absolute atomic E-state index is 0.00979. The van der Waals surface area contributed by atoms with E-state index in [2.05, 4.69) is 11.6 Å². The van der Waals surface area contributed by atoms with Crippen molar-refractivity contribution >= 4 is 33.4 Å². The smallest absolute Gasteiger partial charge is 0.248 e. The fraction of sp³-hybridized carbons (Fsp3) is 0.348. The van der Waals surface area contributed by atoms with Crippen LogP contribution in [0.5, 0.6) is 0 Å². The molecule has 8 nitrogen and oxygen atoms in total. The van der Waals surface area contributed by atoms with E-state index in [9.17, 15) is 18.0 Å². The van der Waals surface area contributed by atoms with Gasteiger partial charge in [-0.15, -0.1) is 6.58 Å². The number of pyridine rings is 1. The monoisotopic (exact) mass is 488 g/mol. The number of nitrogens with zero attached hydrogens (tertiary/aromatic N) is 3. The predicted molar refractivity (Wildman–Crippen MR) is 124 cm³/mol. The lowest BCUT2D eigenvalue weighted by molar-refractivity contribution is -0.135. The predicted octanol–water partition coefficient (Wildman–Crippen LogP) is 2.59. The van der Waals surface area contributed by atoms with Crippen molar-refractivity contribution in [2.45, 2.75) is 42.8 Å². The first-order valence-corrected chi connectivity index (χ1v) is 12.5. The normalized spacial score (nSPS) is 23.7. The molecule has 2 saturated heterocycles. The molecular formula is C23H25ClN4O4S. The van der Waals surface area contributed by atoms with Crippen LogP contribution in [-0.2, 0) is 21.4 Å². The Morgan fingerprint density at radius 1 is 1.27 bits per heavy atom. The summed E-state index contributed by atoms with van der Waals surface area (Å²) in [4.78, 5) is 31.1. The van der Waals surface area contributed by atoms with E-state index in [1.54, 1.807) is 23.2 Å². The zero-order chi connectivity index (χ0) is 23.8. The number of nitrogens with two attached hydrogens (primary N) is 1. The van der Waals surface area contributed by atoms with Crippen LogP contribution in [0.1, 0.15) is 35.3 Å². The first kappa shape index (κ1) is 23.4. The van der Waals surface area contributed by atoms with Gasteiger partial charge in [0, 0.05) is 35.3 Å². The summed E-state index contributed by atoms with van der Waals surface area (Å²) in [5.74, 6) is -1.32. The number of halogens is 1. The Hall–Kier alpha value is -2.75. The number of sulfonamides is 1. The number of aromatic nitrogens is 1. The number of hydrogen-bond acceptors (Lipinski definition) is 5. The van der Waals surface area contributed by atoms with E-state index in [1.807, 2.05) is 12.1 Å². The van der Waals surface area contributed by atoms with Crippen LogP contribution in [0.15, 0.2) is 60.1 Å². The van der Waals surface area contributed by atoms with Crippen molar-refractivity contribution in [3.05, 3.63) is 71.5 Å². The fourth-order valence-corrected chi connectivity index (χ4v) is 6.94. The molecule has 3 heterocycles. The van der Waals surface area contributed by atoms with Gasteiger partial charge in [0.15, 0.2) is 0 Å². The number of carbonyl (C=O) groups is 2. The van der Waals surface area contributed by atoms with Gasteiger partial charge in [0.25, 0.3) is 0 Å². The largest absolute Gasteiger partial charge is 0.366 e. The summed E-state index contributed by atoms with van der Waals surface area (Å²) in [7, 11) is -4.17. The van der Waals surface area contributed by atoms with Crippen LogP contribution in [0, 0.1) is 5.92 Å². The second kappa shape index (κ2) is 9.24. The number of hydrogen-bond donors (Lipinski definition) is 1. The van der Waals surface area contributed by atoms with Crippen LogP contribution >= 0.6 is 11.6 Å². The average molecular weight is 489 g/mol. The number of piperidine rings is 1. The van der Waals surface area contributed by atoms with Gasteiger partial charge in [-0.3, -0.25) is 14.6 Å². The lowest BCUT2D eigenvalue weighted by Crippen LogP contribution is -2.54. The summed E-state index contributed by atoms with van der Waals surface area (Å²) in [5, 5.41) is 0.0771. The van der Waals surface area contributed by atoms with Gasteiger partial charge in [-0.05, 0) is 49.6 Å². The molecule has 4 rings (SSSR count). The summed E-state index contributed by atoms with van der Waals surface area (Å²) in [5.41, 5.74) is 6.07. The highest BCUT2D eigenvalue weighted by atomic mass is 35.5. The Labute approximate surface area is 198 Å². The van der Waals surface area contributed by atoms with E-state index in [4.69, 9.17) is 17.3 Å². The standard InChI is InChI=1S/C23H25ClN4O4S/c1-2-15-13-27(14-18-6-3-4-9-26-18)23(30)21-8-5-7-20(15)28(21)33(31,32)19-11-16(22(25)29)10-17(24)12-19/h2-4,6,9-12,15,20-21H,1,5,7-8,13-14H2,(H2,25,29). The molecule has 2 aliphatic heterocycles. The maximum absolute atomic E-state index is 13.9. The number of fused-ring (bicyclic) bond motifs is 2. The third kappa shape index (κ3) is 4.53. The highest BCUT2D eigenvalue weighted by Crippen LogP contribution is 2.38. The molecule has 10 heteroatoms. The van der Waals surface area contributed by atoms with Gasteiger partial charge >= 0.3 is 0 Å².